The van der Waals surface area contributed by atoms with Crippen LogP contribution in [0.1, 0.15) is 6.42 Å². The number of rotatable bonds is 9. The number of alkyl halides is 1. The van der Waals surface area contributed by atoms with E-state index in [-0.39, 0.29) is 0 Å². The van der Waals surface area contributed by atoms with Gasteiger partial charge in [0, 0.05) is 11.9 Å². The Balaban J connectivity index is 4.21. The third kappa shape index (κ3) is 5.22. The molecule has 0 N–H and O–H groups in total. The summed E-state index contributed by atoms with van der Waals surface area (Å²) in [5.74, 6) is 0.460. The Hall–Kier alpha value is 0.267. The first-order chi connectivity index (χ1) is 6.74. The van der Waals surface area contributed by atoms with E-state index in [2.05, 4.69) is 14.7 Å². The third-order valence-corrected chi connectivity index (χ3v) is 3.74. The van der Waals surface area contributed by atoms with Crippen molar-refractivity contribution < 1.29 is 28.4 Å². The van der Waals surface area contributed by atoms with Crippen LogP contribution in [0.15, 0.2) is 0 Å². The molecule has 0 amide bonds. The van der Waals surface area contributed by atoms with Crippen molar-refractivity contribution in [3.05, 3.63) is 0 Å². The van der Waals surface area contributed by atoms with E-state index in [4.69, 9.17) is 25.3 Å². The van der Waals surface area contributed by atoms with E-state index in [0.29, 0.717) is 18.3 Å². The van der Waals surface area contributed by atoms with Gasteiger partial charge < -0.3 is 0 Å². The highest BCUT2D eigenvalue weighted by molar-refractivity contribution is 6.59. The van der Waals surface area contributed by atoms with Gasteiger partial charge in [-0.2, -0.15) is 0 Å². The van der Waals surface area contributed by atoms with Gasteiger partial charge in [0.15, 0.2) is 0 Å². The van der Waals surface area contributed by atoms with Crippen molar-refractivity contribution >= 4 is 20.4 Å². The monoisotopic (exact) mass is 246 g/mol. The Morgan fingerprint density at radius 3 is 1.64 bits per heavy atom. The van der Waals surface area contributed by atoms with E-state index in [9.17, 15) is 0 Å². The zero-order valence-corrected chi connectivity index (χ0v) is 10.2. The summed E-state index contributed by atoms with van der Waals surface area (Å²) in [7, 11) is 0.976. The van der Waals surface area contributed by atoms with Crippen molar-refractivity contribution in [1.82, 2.24) is 0 Å². The van der Waals surface area contributed by atoms with Crippen LogP contribution in [-0.4, -0.2) is 36.0 Å². The molecule has 14 heavy (non-hydrogen) atoms. The number of halogens is 1. The molecule has 0 spiro atoms. The van der Waals surface area contributed by atoms with Gasteiger partial charge in [-0.1, -0.05) is 0 Å². The molecule has 0 heterocycles. The van der Waals surface area contributed by atoms with Gasteiger partial charge in [-0.15, -0.1) is 11.6 Å². The van der Waals surface area contributed by atoms with Gasteiger partial charge in [0.25, 0.3) is 0 Å². The van der Waals surface area contributed by atoms with Gasteiger partial charge in [0.2, 0.25) is 0 Å². The summed E-state index contributed by atoms with van der Waals surface area (Å²) in [5, 5.41) is 0. The van der Waals surface area contributed by atoms with Crippen LogP contribution in [0.2, 0.25) is 6.04 Å². The molecular formula is C6H15ClO6Si. The van der Waals surface area contributed by atoms with E-state index < -0.39 is 8.80 Å². The molecule has 86 valence electrons. The summed E-state index contributed by atoms with van der Waals surface area (Å²) in [6.45, 7) is 0. The average Bonchev–Trinajstić information content (AvgIpc) is 2.16. The molecular weight excluding hydrogens is 232 g/mol. The second-order valence-corrected chi connectivity index (χ2v) is 4.97. The van der Waals surface area contributed by atoms with Crippen LogP contribution in [0.25, 0.3) is 0 Å². The Kier molecular flexibility index (Phi) is 8.73. The van der Waals surface area contributed by atoms with Crippen molar-refractivity contribution in [2.24, 2.45) is 0 Å². The standard InChI is InChI=1S/C6H15ClO6Si/c1-8-11-14(12-9-2,13-10-3)6-4-5-7/h4-6H2,1-3H3. The molecule has 0 fully saturated rings. The van der Waals surface area contributed by atoms with Crippen molar-refractivity contribution in [2.45, 2.75) is 12.5 Å². The lowest BCUT2D eigenvalue weighted by Gasteiger charge is -2.23. The van der Waals surface area contributed by atoms with Crippen molar-refractivity contribution in [1.29, 1.82) is 0 Å². The molecule has 0 aromatic carbocycles. The van der Waals surface area contributed by atoms with Crippen LogP contribution in [-0.2, 0) is 28.4 Å². The molecule has 0 unspecified atom stereocenters. The smallest absolute Gasteiger partial charge is 0.246 e. The topological polar surface area (TPSA) is 55.4 Å². The minimum Gasteiger partial charge on any atom is -0.246 e. The molecule has 0 atom stereocenters. The van der Waals surface area contributed by atoms with Gasteiger partial charge in [0.1, 0.15) is 0 Å². The highest BCUT2D eigenvalue weighted by Crippen LogP contribution is 2.18. The van der Waals surface area contributed by atoms with Crippen LogP contribution < -0.4 is 0 Å². The van der Waals surface area contributed by atoms with Crippen LogP contribution in [0.3, 0.4) is 0 Å². The third-order valence-electron chi connectivity index (χ3n) is 1.25. The quantitative estimate of drug-likeness (QED) is 0.264. The molecule has 0 saturated heterocycles. The molecule has 0 saturated carbocycles. The molecule has 8 heteroatoms. The van der Waals surface area contributed by atoms with Crippen molar-refractivity contribution in [3.8, 4) is 0 Å². The maximum atomic E-state index is 5.54. The fraction of sp³-hybridized carbons (Fsp3) is 1.00. The first kappa shape index (κ1) is 14.3. The summed E-state index contributed by atoms with van der Waals surface area (Å²) >= 11 is 5.54. The number of hydrogen-bond donors (Lipinski definition) is 0. The number of hydrogen-bond acceptors (Lipinski definition) is 6. The fourth-order valence-electron chi connectivity index (χ4n) is 0.831. The Morgan fingerprint density at radius 2 is 1.36 bits per heavy atom. The molecule has 0 aliphatic heterocycles. The Bertz CT molecular complexity index is 120. The fourth-order valence-corrected chi connectivity index (χ4v) is 2.89. The molecule has 0 aliphatic rings. The SMILES string of the molecule is COO[Si](CCCCl)(OOC)OOC. The lowest BCUT2D eigenvalue weighted by molar-refractivity contribution is -0.343. The van der Waals surface area contributed by atoms with Gasteiger partial charge in [-0.05, 0) is 6.42 Å². The second-order valence-electron chi connectivity index (χ2n) is 2.23. The van der Waals surface area contributed by atoms with Crippen LogP contribution >= 0.6 is 11.6 Å². The zero-order chi connectivity index (χ0) is 10.9. The summed E-state index contributed by atoms with van der Waals surface area (Å²) in [5.41, 5.74) is 0. The minimum atomic E-state index is -3.07. The van der Waals surface area contributed by atoms with Gasteiger partial charge in [0.05, 0.1) is 21.3 Å². The first-order valence-electron chi connectivity index (χ1n) is 3.96. The van der Waals surface area contributed by atoms with Crippen LogP contribution in [0.4, 0.5) is 0 Å². The van der Waals surface area contributed by atoms with Gasteiger partial charge in [-0.25, -0.2) is 28.4 Å². The lowest BCUT2D eigenvalue weighted by Crippen LogP contribution is -2.45. The van der Waals surface area contributed by atoms with E-state index in [1.54, 1.807) is 0 Å². The predicted octanol–water partition coefficient (Wildman–Crippen LogP) is 1.29. The van der Waals surface area contributed by atoms with E-state index >= 15 is 0 Å². The summed E-state index contributed by atoms with van der Waals surface area (Å²) < 4.78 is 14.7. The molecule has 0 bridgehead atoms. The molecule has 0 aliphatic carbocycles. The van der Waals surface area contributed by atoms with Crippen molar-refractivity contribution in [3.63, 3.8) is 0 Å². The summed E-state index contributed by atoms with van der Waals surface area (Å²) in [4.78, 5) is 13.6. The predicted molar refractivity (Wildman–Crippen MR) is 50.2 cm³/mol. The Morgan fingerprint density at radius 1 is 0.929 bits per heavy atom. The molecule has 0 radical (unpaired) electrons. The minimum absolute atomic E-state index is 0.437. The van der Waals surface area contributed by atoms with E-state index in [1.807, 2.05) is 0 Å². The van der Waals surface area contributed by atoms with E-state index in [1.165, 1.54) is 21.3 Å². The van der Waals surface area contributed by atoms with E-state index in [0.717, 1.165) is 0 Å². The highest BCUT2D eigenvalue weighted by atomic mass is 35.5. The Labute approximate surface area is 89.1 Å². The first-order valence-corrected chi connectivity index (χ1v) is 6.42. The van der Waals surface area contributed by atoms with Crippen LogP contribution in [0, 0.1) is 0 Å². The van der Waals surface area contributed by atoms with Crippen LogP contribution in [0.5, 0.6) is 0 Å². The maximum Gasteiger partial charge on any atom is 0.584 e. The average molecular weight is 247 g/mol. The summed E-state index contributed by atoms with van der Waals surface area (Å²) in [6.07, 6.45) is 0.643. The maximum absolute atomic E-state index is 5.54. The second kappa shape index (κ2) is 8.57. The molecule has 6 nitrogen and oxygen atoms in total. The van der Waals surface area contributed by atoms with Gasteiger partial charge >= 0.3 is 8.80 Å². The summed E-state index contributed by atoms with van der Waals surface area (Å²) in [6, 6.07) is 0.437. The van der Waals surface area contributed by atoms with Gasteiger partial charge in [-0.3, -0.25) is 0 Å². The molecule has 0 aromatic rings. The van der Waals surface area contributed by atoms with Crippen molar-refractivity contribution in [2.75, 3.05) is 27.2 Å². The highest BCUT2D eigenvalue weighted by Gasteiger charge is 2.46. The molecule has 0 rings (SSSR count). The lowest BCUT2D eigenvalue weighted by atomic mass is 10.6. The largest absolute Gasteiger partial charge is 0.584 e. The molecule has 0 aromatic heterocycles. The zero-order valence-electron chi connectivity index (χ0n) is 8.45. The normalized spacial score (nSPS) is 12.0.